The molecule has 4 rings (SSSR count). The fourth-order valence-electron chi connectivity index (χ4n) is 3.35. The van der Waals surface area contributed by atoms with Crippen LogP contribution in [-0.2, 0) is 13.7 Å². The van der Waals surface area contributed by atoms with E-state index < -0.39 is 0 Å². The molecule has 27 heavy (non-hydrogen) atoms. The Morgan fingerprint density at radius 1 is 1.04 bits per heavy atom. The van der Waals surface area contributed by atoms with Gasteiger partial charge in [-0.3, -0.25) is 9.88 Å². The van der Waals surface area contributed by atoms with Crippen molar-refractivity contribution in [1.82, 2.24) is 24.2 Å². The molecular weight excluding hydrogens is 363 g/mol. The second kappa shape index (κ2) is 7.58. The monoisotopic (exact) mass is 384 g/mol. The van der Waals surface area contributed by atoms with E-state index in [1.807, 2.05) is 31.6 Å². The molecule has 0 aliphatic carbocycles. The minimum atomic E-state index is -0.293. The minimum Gasteiger partial charge on any atom is -0.369 e. The van der Waals surface area contributed by atoms with Crippen LogP contribution in [0.5, 0.6) is 0 Å². The van der Waals surface area contributed by atoms with E-state index in [2.05, 4.69) is 19.9 Å². The van der Waals surface area contributed by atoms with Crippen molar-refractivity contribution in [2.24, 2.45) is 7.05 Å². The molecule has 8 heteroatoms. The quantitative estimate of drug-likeness (QED) is 0.647. The van der Waals surface area contributed by atoms with E-state index in [0.29, 0.717) is 22.8 Å². The zero-order chi connectivity index (χ0) is 18.8. The van der Waals surface area contributed by atoms with Gasteiger partial charge in [-0.15, -0.1) is 0 Å². The summed E-state index contributed by atoms with van der Waals surface area (Å²) < 4.78 is 18.3. The minimum absolute atomic E-state index is 0.293. The molecule has 0 radical (unpaired) electrons. The predicted molar refractivity (Wildman–Crippen MR) is 105 cm³/mol. The number of benzene rings is 1. The lowest BCUT2D eigenvalue weighted by Crippen LogP contribution is -2.47. The Labute approximate surface area is 162 Å². The second-order valence-electron chi connectivity index (χ2n) is 6.60. The number of piperazine rings is 1. The van der Waals surface area contributed by atoms with Gasteiger partial charge in [-0.2, -0.15) is 5.10 Å². The molecule has 1 aromatic carbocycles. The number of rotatable bonds is 4. The largest absolute Gasteiger partial charge is 0.369 e. The van der Waals surface area contributed by atoms with Crippen molar-refractivity contribution in [2.45, 2.75) is 6.67 Å². The van der Waals surface area contributed by atoms with Crippen LogP contribution in [0.15, 0.2) is 48.8 Å². The maximum atomic E-state index is 14.1. The normalized spacial score (nSPS) is 15.3. The third-order valence-corrected chi connectivity index (χ3v) is 5.37. The standard InChI is InChI=1S/C19H21FN6S/c1-23-18(16-4-2-3-5-17(16)20)22-26(19(23)27)14-24-10-12-25(13-11-24)15-6-8-21-9-7-15/h2-9H,10-14H2,1H3. The van der Waals surface area contributed by atoms with E-state index in [9.17, 15) is 4.39 Å². The maximum Gasteiger partial charge on any atom is 0.199 e. The van der Waals surface area contributed by atoms with Crippen LogP contribution in [-0.4, -0.2) is 50.4 Å². The lowest BCUT2D eigenvalue weighted by Gasteiger charge is -2.35. The summed E-state index contributed by atoms with van der Waals surface area (Å²) in [7, 11) is 1.83. The molecule has 1 aliphatic rings. The average molecular weight is 384 g/mol. The van der Waals surface area contributed by atoms with Gasteiger partial charge < -0.3 is 9.47 Å². The van der Waals surface area contributed by atoms with Gasteiger partial charge >= 0.3 is 0 Å². The fourth-order valence-corrected chi connectivity index (χ4v) is 3.53. The van der Waals surface area contributed by atoms with Crippen molar-refractivity contribution in [3.8, 4) is 11.4 Å². The predicted octanol–water partition coefficient (Wildman–Crippen LogP) is 2.93. The van der Waals surface area contributed by atoms with Crippen LogP contribution in [0.3, 0.4) is 0 Å². The van der Waals surface area contributed by atoms with Gasteiger partial charge in [0.2, 0.25) is 0 Å². The first-order valence-electron chi connectivity index (χ1n) is 8.89. The second-order valence-corrected chi connectivity index (χ2v) is 6.96. The molecule has 3 aromatic rings. The highest BCUT2D eigenvalue weighted by molar-refractivity contribution is 7.71. The molecule has 0 N–H and O–H groups in total. The van der Waals surface area contributed by atoms with Crippen molar-refractivity contribution in [3.63, 3.8) is 0 Å². The first-order valence-corrected chi connectivity index (χ1v) is 9.30. The van der Waals surface area contributed by atoms with Crippen LogP contribution >= 0.6 is 12.2 Å². The topological polar surface area (TPSA) is 42.1 Å². The van der Waals surface area contributed by atoms with Crippen molar-refractivity contribution in [2.75, 3.05) is 31.1 Å². The number of pyridine rings is 1. The molecule has 2 aromatic heterocycles. The Morgan fingerprint density at radius 2 is 1.74 bits per heavy atom. The molecule has 1 fully saturated rings. The number of halogens is 1. The summed E-state index contributed by atoms with van der Waals surface area (Å²) in [5.41, 5.74) is 1.66. The van der Waals surface area contributed by atoms with Crippen LogP contribution in [0.4, 0.5) is 10.1 Å². The van der Waals surface area contributed by atoms with E-state index in [1.165, 1.54) is 11.8 Å². The van der Waals surface area contributed by atoms with E-state index in [-0.39, 0.29) is 5.82 Å². The third kappa shape index (κ3) is 3.63. The zero-order valence-corrected chi connectivity index (χ0v) is 15.9. The Balaban J connectivity index is 1.47. The number of aromatic nitrogens is 4. The molecule has 0 amide bonds. The van der Waals surface area contributed by atoms with Gasteiger partial charge in [0.15, 0.2) is 10.6 Å². The summed E-state index contributed by atoms with van der Waals surface area (Å²) in [6.45, 7) is 4.30. The molecule has 3 heterocycles. The van der Waals surface area contributed by atoms with Gasteiger partial charge in [0.25, 0.3) is 0 Å². The Morgan fingerprint density at radius 3 is 2.44 bits per heavy atom. The first kappa shape index (κ1) is 17.8. The van der Waals surface area contributed by atoms with E-state index >= 15 is 0 Å². The van der Waals surface area contributed by atoms with Crippen LogP contribution in [0.1, 0.15) is 0 Å². The smallest absolute Gasteiger partial charge is 0.199 e. The van der Waals surface area contributed by atoms with Crippen LogP contribution < -0.4 is 4.90 Å². The highest BCUT2D eigenvalue weighted by atomic mass is 32.1. The molecule has 6 nitrogen and oxygen atoms in total. The van der Waals surface area contributed by atoms with Gasteiger partial charge in [-0.25, -0.2) is 9.07 Å². The van der Waals surface area contributed by atoms with Gasteiger partial charge in [0, 0.05) is 51.3 Å². The lowest BCUT2D eigenvalue weighted by atomic mass is 10.2. The molecular formula is C19H21FN6S. The fraction of sp³-hybridized carbons (Fsp3) is 0.316. The molecule has 1 saturated heterocycles. The highest BCUT2D eigenvalue weighted by Crippen LogP contribution is 2.21. The van der Waals surface area contributed by atoms with Gasteiger partial charge in [0.1, 0.15) is 5.82 Å². The summed E-state index contributed by atoms with van der Waals surface area (Å²) in [6.07, 6.45) is 3.64. The molecule has 1 aliphatic heterocycles. The first-order chi connectivity index (χ1) is 13.1. The van der Waals surface area contributed by atoms with Crippen LogP contribution in [0.2, 0.25) is 0 Å². The molecule has 0 unspecified atom stereocenters. The van der Waals surface area contributed by atoms with Crippen molar-refractivity contribution in [1.29, 1.82) is 0 Å². The highest BCUT2D eigenvalue weighted by Gasteiger charge is 2.19. The van der Waals surface area contributed by atoms with Gasteiger partial charge in [0.05, 0.1) is 12.2 Å². The van der Waals surface area contributed by atoms with Crippen LogP contribution in [0, 0.1) is 10.6 Å². The maximum absolute atomic E-state index is 14.1. The van der Waals surface area contributed by atoms with Crippen molar-refractivity contribution in [3.05, 3.63) is 59.4 Å². The number of anilines is 1. The van der Waals surface area contributed by atoms with E-state index in [0.717, 1.165) is 26.2 Å². The average Bonchev–Trinajstić information content (AvgIpc) is 2.98. The Hall–Kier alpha value is -2.58. The molecule has 0 saturated carbocycles. The summed E-state index contributed by atoms with van der Waals surface area (Å²) in [6, 6.07) is 10.7. The Kier molecular flexibility index (Phi) is 5.00. The summed E-state index contributed by atoms with van der Waals surface area (Å²) in [4.78, 5) is 8.73. The number of hydrogen-bond acceptors (Lipinski definition) is 5. The van der Waals surface area contributed by atoms with E-state index in [4.69, 9.17) is 12.2 Å². The van der Waals surface area contributed by atoms with E-state index in [1.54, 1.807) is 27.4 Å². The Bertz CT molecular complexity index is 975. The van der Waals surface area contributed by atoms with Crippen LogP contribution in [0.25, 0.3) is 11.4 Å². The summed E-state index contributed by atoms with van der Waals surface area (Å²) in [5, 5.41) is 4.58. The number of nitrogens with zero attached hydrogens (tertiary/aromatic N) is 6. The summed E-state index contributed by atoms with van der Waals surface area (Å²) >= 11 is 5.52. The molecule has 0 atom stereocenters. The molecule has 0 bridgehead atoms. The van der Waals surface area contributed by atoms with Gasteiger partial charge in [-0.1, -0.05) is 12.1 Å². The SMILES string of the molecule is Cn1c(-c2ccccc2F)nn(CN2CCN(c3ccncc3)CC2)c1=S. The summed E-state index contributed by atoms with van der Waals surface area (Å²) in [5.74, 6) is 0.257. The lowest BCUT2D eigenvalue weighted by molar-refractivity contribution is 0.194. The third-order valence-electron chi connectivity index (χ3n) is 4.89. The van der Waals surface area contributed by atoms with Crippen molar-refractivity contribution >= 4 is 17.9 Å². The molecule has 140 valence electrons. The van der Waals surface area contributed by atoms with Gasteiger partial charge in [-0.05, 0) is 36.5 Å². The van der Waals surface area contributed by atoms with Crippen molar-refractivity contribution < 1.29 is 4.39 Å². The molecule has 0 spiro atoms. The number of hydrogen-bond donors (Lipinski definition) is 0. The zero-order valence-electron chi connectivity index (χ0n) is 15.1.